The molecule has 6 rings (SSSR count). The van der Waals surface area contributed by atoms with Gasteiger partial charge in [-0.25, -0.2) is 0 Å². The van der Waals surface area contributed by atoms with E-state index in [9.17, 15) is 19.8 Å². The van der Waals surface area contributed by atoms with Crippen molar-refractivity contribution in [2.45, 2.75) is 48.3 Å². The molecule has 4 aromatic rings. The molecule has 8 nitrogen and oxygen atoms in total. The van der Waals surface area contributed by atoms with E-state index in [-0.39, 0.29) is 61.4 Å². The summed E-state index contributed by atoms with van der Waals surface area (Å²) >= 11 is 3.33. The Hall–Kier alpha value is -3.38. The number of carboxylic acid groups (broad SMARTS) is 2. The fourth-order valence-electron chi connectivity index (χ4n) is 5.07. The van der Waals surface area contributed by atoms with Crippen molar-refractivity contribution >= 4 is 73.2 Å². The Kier molecular flexibility index (Phi) is 12.9. The van der Waals surface area contributed by atoms with Crippen LogP contribution in [-0.2, 0) is 9.59 Å². The largest absolute Gasteiger partial charge is 2.00 e. The van der Waals surface area contributed by atoms with E-state index in [0.29, 0.717) is 11.1 Å². The molecular weight excluding hydrogens is 657 g/mol. The summed E-state index contributed by atoms with van der Waals surface area (Å²) in [6.45, 7) is 0. The van der Waals surface area contributed by atoms with E-state index in [2.05, 4.69) is 22.1 Å². The molecule has 0 amide bonds. The molecule has 232 valence electrons. The number of nitriles is 2. The van der Waals surface area contributed by atoms with Gasteiger partial charge in [0.1, 0.15) is 0 Å². The van der Waals surface area contributed by atoms with Crippen LogP contribution in [0.4, 0.5) is 0 Å². The minimum absolute atomic E-state index is 0. The Morgan fingerprint density at radius 3 is 1.32 bits per heavy atom. The molecule has 0 bridgehead atoms. The summed E-state index contributed by atoms with van der Waals surface area (Å²) < 4.78 is 0. The smallest absolute Gasteiger partial charge is 0.550 e. The zero-order chi connectivity index (χ0) is 32.6. The molecule has 2 saturated carbocycles. The zero-order valence-corrected chi connectivity index (χ0v) is 29.5. The van der Waals surface area contributed by atoms with E-state index < -0.39 is 11.9 Å². The molecule has 0 unspecified atom stereocenters. The molecule has 2 aromatic heterocycles. The number of hydrogen-bond acceptors (Lipinski definition) is 10. The molecule has 47 heavy (non-hydrogen) atoms. The Labute approximate surface area is 312 Å². The van der Waals surface area contributed by atoms with Crippen molar-refractivity contribution < 1.29 is 19.8 Å². The standard InChI is InChI=1S/2C18H16N2O2S.Ca/c2*19-10-13-1-3-14(4-2-13)15-11-20-8-5-16(15)23-12-18(6-7-18)9-17(21)22;/h2*1-5,8,11H,6-7,9,12H2,(H,21,22);/q;;+2/p-2. The van der Waals surface area contributed by atoms with E-state index in [1.165, 1.54) is 0 Å². The quantitative estimate of drug-likeness (QED) is 0.149. The van der Waals surface area contributed by atoms with Crippen LogP contribution in [-0.4, -0.2) is 71.2 Å². The first-order valence-corrected chi connectivity index (χ1v) is 16.8. The van der Waals surface area contributed by atoms with Crippen molar-refractivity contribution in [2.75, 3.05) is 11.5 Å². The predicted molar refractivity (Wildman–Crippen MR) is 179 cm³/mol. The van der Waals surface area contributed by atoms with E-state index in [1.807, 2.05) is 48.8 Å². The summed E-state index contributed by atoms with van der Waals surface area (Å²) in [5.41, 5.74) is 5.06. The van der Waals surface area contributed by atoms with Crippen molar-refractivity contribution in [3.63, 3.8) is 0 Å². The molecule has 0 atom stereocenters. The molecule has 2 aliphatic rings. The summed E-state index contributed by atoms with van der Waals surface area (Å²) in [6.07, 6.45) is 11.2. The third-order valence-electron chi connectivity index (χ3n) is 8.23. The second kappa shape index (κ2) is 16.6. The first kappa shape index (κ1) is 36.5. The van der Waals surface area contributed by atoms with Crippen molar-refractivity contribution in [3.05, 3.63) is 96.6 Å². The number of thioether (sulfide) groups is 2. The molecule has 0 spiro atoms. The van der Waals surface area contributed by atoms with Crippen LogP contribution in [0.2, 0.25) is 0 Å². The van der Waals surface area contributed by atoms with Crippen LogP contribution < -0.4 is 10.2 Å². The molecule has 2 aliphatic carbocycles. The Morgan fingerprint density at radius 2 is 1.02 bits per heavy atom. The molecular formula is C36H30CaN4O4S2. The third kappa shape index (κ3) is 10.3. The molecule has 0 aliphatic heterocycles. The molecule has 0 radical (unpaired) electrons. The average Bonchev–Trinajstić information content (AvgIpc) is 4.01. The fourth-order valence-corrected chi connectivity index (χ4v) is 7.74. The van der Waals surface area contributed by atoms with Gasteiger partial charge in [0.15, 0.2) is 0 Å². The second-order valence-electron chi connectivity index (χ2n) is 11.8. The van der Waals surface area contributed by atoms with Crippen LogP contribution in [0.1, 0.15) is 49.7 Å². The van der Waals surface area contributed by atoms with Gasteiger partial charge in [-0.3, -0.25) is 9.97 Å². The number of rotatable bonds is 12. The minimum atomic E-state index is -0.967. The number of pyridine rings is 2. The minimum Gasteiger partial charge on any atom is -0.550 e. The van der Waals surface area contributed by atoms with E-state index >= 15 is 0 Å². The van der Waals surface area contributed by atoms with E-state index in [0.717, 1.165) is 69.2 Å². The van der Waals surface area contributed by atoms with Crippen LogP contribution in [0.5, 0.6) is 0 Å². The Bertz CT molecular complexity index is 1660. The molecule has 2 fully saturated rings. The summed E-state index contributed by atoms with van der Waals surface area (Å²) in [7, 11) is 0. The van der Waals surface area contributed by atoms with Crippen molar-refractivity contribution in [2.24, 2.45) is 10.8 Å². The van der Waals surface area contributed by atoms with Crippen LogP contribution >= 0.6 is 23.5 Å². The third-order valence-corrected chi connectivity index (χ3v) is 11.1. The van der Waals surface area contributed by atoms with Gasteiger partial charge in [-0.15, -0.1) is 23.5 Å². The number of hydrogen-bond donors (Lipinski definition) is 0. The number of nitrogens with zero attached hydrogens (tertiary/aromatic N) is 4. The van der Waals surface area contributed by atoms with Crippen LogP contribution in [0.3, 0.4) is 0 Å². The van der Waals surface area contributed by atoms with Gasteiger partial charge >= 0.3 is 37.7 Å². The summed E-state index contributed by atoms with van der Waals surface area (Å²) in [5, 5.41) is 39.5. The van der Waals surface area contributed by atoms with Crippen LogP contribution in [0, 0.1) is 33.5 Å². The van der Waals surface area contributed by atoms with Gasteiger partial charge in [0.2, 0.25) is 0 Å². The van der Waals surface area contributed by atoms with Gasteiger partial charge in [0, 0.05) is 69.1 Å². The van der Waals surface area contributed by atoms with E-state index in [1.54, 1.807) is 60.2 Å². The maximum absolute atomic E-state index is 10.9. The van der Waals surface area contributed by atoms with Gasteiger partial charge in [0.25, 0.3) is 0 Å². The number of carboxylic acids is 2. The molecule has 2 heterocycles. The molecule has 2 aromatic carbocycles. The van der Waals surface area contributed by atoms with Crippen molar-refractivity contribution in [1.29, 1.82) is 10.5 Å². The molecule has 0 N–H and O–H groups in total. The van der Waals surface area contributed by atoms with Gasteiger partial charge in [-0.2, -0.15) is 10.5 Å². The summed E-state index contributed by atoms with van der Waals surface area (Å²) in [5.74, 6) is -0.391. The van der Waals surface area contributed by atoms with Gasteiger partial charge in [-0.05, 0) is 96.9 Å². The SMILES string of the molecule is N#Cc1ccc(-c2cnccc2SCC2(CC(=O)[O-])CC2)cc1.N#Cc1ccc(-c2cnccc2SCC2(CC(=O)[O-])CC2)cc1.[Ca+2]. The maximum Gasteiger partial charge on any atom is 2.00 e. The van der Waals surface area contributed by atoms with Crippen LogP contribution in [0.25, 0.3) is 22.3 Å². The summed E-state index contributed by atoms with van der Waals surface area (Å²) in [6, 6.07) is 22.9. The topological polar surface area (TPSA) is 154 Å². The zero-order valence-electron chi connectivity index (χ0n) is 25.7. The number of carbonyl (C=O) groups is 2. The number of aliphatic carboxylic acids is 2. The Balaban J connectivity index is 0.000000208. The fraction of sp³-hybridized carbons (Fsp3) is 0.278. The number of aromatic nitrogens is 2. The average molecular weight is 687 g/mol. The van der Waals surface area contributed by atoms with Gasteiger partial charge in [0.05, 0.1) is 23.3 Å². The Morgan fingerprint density at radius 1 is 0.660 bits per heavy atom. The first-order valence-electron chi connectivity index (χ1n) is 14.8. The first-order chi connectivity index (χ1) is 22.2. The number of carbonyl (C=O) groups excluding carboxylic acids is 2. The predicted octanol–water partition coefficient (Wildman–Crippen LogP) is 4.88. The monoisotopic (exact) mass is 686 g/mol. The van der Waals surface area contributed by atoms with E-state index in [4.69, 9.17) is 10.5 Å². The van der Waals surface area contributed by atoms with Crippen molar-refractivity contribution in [3.8, 4) is 34.4 Å². The van der Waals surface area contributed by atoms with Gasteiger partial charge < -0.3 is 19.8 Å². The maximum atomic E-state index is 10.9. The molecule has 11 heteroatoms. The summed E-state index contributed by atoms with van der Waals surface area (Å²) in [4.78, 5) is 32.3. The van der Waals surface area contributed by atoms with Crippen LogP contribution in [0.15, 0.2) is 95.2 Å². The van der Waals surface area contributed by atoms with Crippen molar-refractivity contribution in [1.82, 2.24) is 9.97 Å². The molecule has 0 saturated heterocycles. The van der Waals surface area contributed by atoms with Gasteiger partial charge in [-0.1, -0.05) is 24.3 Å². The normalized spacial score (nSPS) is 14.6. The number of benzene rings is 2. The second-order valence-corrected chi connectivity index (χ2v) is 13.8.